The van der Waals surface area contributed by atoms with E-state index < -0.39 is 17.7 Å². The van der Waals surface area contributed by atoms with Crippen LogP contribution in [0.1, 0.15) is 50.4 Å². The number of carbonyl (C=O) groups excluding carboxylic acids is 2. The average Bonchev–Trinajstić information content (AvgIpc) is 2.67. The lowest BCUT2D eigenvalue weighted by molar-refractivity contribution is -0.121. The third-order valence-electron chi connectivity index (χ3n) is 4.79. The molecule has 2 aromatic rings. The fourth-order valence-corrected chi connectivity index (χ4v) is 3.47. The maximum Gasteiger partial charge on any atom is 0.408 e. The van der Waals surface area contributed by atoms with Crippen LogP contribution in [0, 0.1) is 11.3 Å². The number of nitrogens with zero attached hydrogens (tertiary/aromatic N) is 2. The van der Waals surface area contributed by atoms with E-state index in [0.717, 1.165) is 11.1 Å². The normalized spacial score (nSPS) is 17.1. The standard InChI is InChI=1S/C23H25N3O3/c1-15(17-8-6-5-7-9-17)26-20-12-16(14-24)10-11-18(20)13-19(21(26)27)25-22(28)29-23(2,3)4/h5-12,15,19H,13H2,1-4H3,(H,25,28)/t15-,19+/m0/s1. The van der Waals surface area contributed by atoms with Crippen LogP contribution < -0.4 is 10.2 Å². The quantitative estimate of drug-likeness (QED) is 0.854. The summed E-state index contributed by atoms with van der Waals surface area (Å²) in [6, 6.07) is 16.1. The number of anilines is 1. The number of rotatable bonds is 3. The molecule has 6 nitrogen and oxygen atoms in total. The van der Waals surface area contributed by atoms with E-state index in [9.17, 15) is 14.9 Å². The summed E-state index contributed by atoms with van der Waals surface area (Å²) >= 11 is 0. The van der Waals surface area contributed by atoms with Gasteiger partial charge in [-0.3, -0.25) is 4.79 Å². The van der Waals surface area contributed by atoms with Gasteiger partial charge in [-0.15, -0.1) is 0 Å². The summed E-state index contributed by atoms with van der Waals surface area (Å²) in [5, 5.41) is 12.0. The van der Waals surface area contributed by atoms with Crippen LogP contribution in [0.4, 0.5) is 10.5 Å². The van der Waals surface area contributed by atoms with Gasteiger partial charge in [0.15, 0.2) is 0 Å². The molecule has 2 aromatic carbocycles. The van der Waals surface area contributed by atoms with Crippen molar-refractivity contribution in [3.63, 3.8) is 0 Å². The number of hydrogen-bond acceptors (Lipinski definition) is 4. The van der Waals surface area contributed by atoms with Crippen molar-refractivity contribution in [3.8, 4) is 6.07 Å². The zero-order valence-corrected chi connectivity index (χ0v) is 17.1. The Morgan fingerprint density at radius 1 is 1.24 bits per heavy atom. The highest BCUT2D eigenvalue weighted by molar-refractivity contribution is 6.02. The van der Waals surface area contributed by atoms with Crippen LogP contribution in [-0.4, -0.2) is 23.6 Å². The van der Waals surface area contributed by atoms with Gasteiger partial charge in [0.2, 0.25) is 0 Å². The minimum atomic E-state index is -0.739. The number of nitriles is 1. The Bertz CT molecular complexity index is 958. The van der Waals surface area contributed by atoms with Crippen molar-refractivity contribution in [1.29, 1.82) is 5.26 Å². The Labute approximate surface area is 171 Å². The van der Waals surface area contributed by atoms with Gasteiger partial charge < -0.3 is 15.0 Å². The topological polar surface area (TPSA) is 82.4 Å². The molecule has 1 aliphatic rings. The third kappa shape index (κ3) is 4.57. The van der Waals surface area contributed by atoms with Crippen LogP contribution in [0.15, 0.2) is 48.5 Å². The van der Waals surface area contributed by atoms with Crippen LogP contribution in [0.2, 0.25) is 0 Å². The summed E-state index contributed by atoms with van der Waals surface area (Å²) in [5.74, 6) is -0.227. The summed E-state index contributed by atoms with van der Waals surface area (Å²) in [4.78, 5) is 27.3. The van der Waals surface area contributed by atoms with Crippen molar-refractivity contribution in [2.75, 3.05) is 4.90 Å². The number of alkyl carbamates (subject to hydrolysis) is 1. The Balaban J connectivity index is 1.97. The van der Waals surface area contributed by atoms with Crippen molar-refractivity contribution in [2.45, 2.75) is 51.8 Å². The van der Waals surface area contributed by atoms with Crippen molar-refractivity contribution in [1.82, 2.24) is 5.32 Å². The lowest BCUT2D eigenvalue weighted by atomic mass is 9.93. The number of amides is 2. The summed E-state index contributed by atoms with van der Waals surface area (Å²) in [6.45, 7) is 7.26. The first-order valence-corrected chi connectivity index (χ1v) is 9.60. The van der Waals surface area contributed by atoms with Crippen LogP contribution in [-0.2, 0) is 16.0 Å². The van der Waals surface area contributed by atoms with Gasteiger partial charge in [-0.25, -0.2) is 4.79 Å². The first kappa shape index (κ1) is 20.4. The van der Waals surface area contributed by atoms with Gasteiger partial charge in [0.05, 0.1) is 17.7 Å². The molecule has 2 amide bonds. The number of nitrogens with one attached hydrogen (secondary N) is 1. The lowest BCUT2D eigenvalue weighted by Crippen LogP contribution is -2.54. The predicted octanol–water partition coefficient (Wildman–Crippen LogP) is 4.10. The third-order valence-corrected chi connectivity index (χ3v) is 4.79. The highest BCUT2D eigenvalue weighted by atomic mass is 16.6. The SMILES string of the molecule is C[C@@H](c1ccccc1)N1C(=O)[C@H](NC(=O)OC(C)(C)C)Cc2ccc(C#N)cc21. The molecule has 3 rings (SSSR count). The highest BCUT2D eigenvalue weighted by Crippen LogP contribution is 2.35. The number of benzene rings is 2. The summed E-state index contributed by atoms with van der Waals surface area (Å²) in [5.41, 5.74) is 2.39. The zero-order chi connectivity index (χ0) is 21.2. The van der Waals surface area contributed by atoms with E-state index in [0.29, 0.717) is 17.7 Å². The van der Waals surface area contributed by atoms with Crippen molar-refractivity contribution in [3.05, 3.63) is 65.2 Å². The Kier molecular flexibility index (Phi) is 5.60. The molecule has 0 saturated carbocycles. The molecule has 0 radical (unpaired) electrons. The zero-order valence-electron chi connectivity index (χ0n) is 17.1. The molecule has 1 aliphatic heterocycles. The molecule has 0 aliphatic carbocycles. The molecule has 2 atom stereocenters. The van der Waals surface area contributed by atoms with Crippen LogP contribution in [0.5, 0.6) is 0 Å². The van der Waals surface area contributed by atoms with Crippen LogP contribution >= 0.6 is 0 Å². The van der Waals surface area contributed by atoms with E-state index in [4.69, 9.17) is 4.74 Å². The summed E-state index contributed by atoms with van der Waals surface area (Å²) < 4.78 is 5.33. The molecule has 29 heavy (non-hydrogen) atoms. The monoisotopic (exact) mass is 391 g/mol. The van der Waals surface area contributed by atoms with Crippen LogP contribution in [0.25, 0.3) is 0 Å². The van der Waals surface area contributed by atoms with E-state index in [1.54, 1.807) is 37.8 Å². The van der Waals surface area contributed by atoms with Crippen molar-refractivity contribution < 1.29 is 14.3 Å². The van der Waals surface area contributed by atoms with Gasteiger partial charge in [0, 0.05) is 12.1 Å². The van der Waals surface area contributed by atoms with Crippen LogP contribution in [0.3, 0.4) is 0 Å². The number of ether oxygens (including phenoxy) is 1. The molecule has 0 spiro atoms. The summed E-state index contributed by atoms with van der Waals surface area (Å²) in [7, 11) is 0. The summed E-state index contributed by atoms with van der Waals surface area (Å²) in [6.07, 6.45) is -0.280. The number of hydrogen-bond donors (Lipinski definition) is 1. The van der Waals surface area contributed by atoms with E-state index >= 15 is 0 Å². The molecular formula is C23H25N3O3. The molecular weight excluding hydrogens is 366 g/mol. The van der Waals surface area contributed by atoms with Gasteiger partial charge in [-0.2, -0.15) is 5.26 Å². The minimum absolute atomic E-state index is 0.227. The highest BCUT2D eigenvalue weighted by Gasteiger charge is 2.37. The Morgan fingerprint density at radius 2 is 1.93 bits per heavy atom. The second-order valence-electron chi connectivity index (χ2n) is 8.15. The van der Waals surface area contributed by atoms with Gasteiger partial charge in [0.25, 0.3) is 5.91 Å². The molecule has 0 unspecified atom stereocenters. The average molecular weight is 391 g/mol. The van der Waals surface area contributed by atoms with Gasteiger partial charge in [-0.05, 0) is 51.0 Å². The largest absolute Gasteiger partial charge is 0.444 e. The maximum atomic E-state index is 13.4. The van der Waals surface area contributed by atoms with E-state index in [1.807, 2.05) is 43.3 Å². The Morgan fingerprint density at radius 3 is 2.55 bits per heavy atom. The first-order chi connectivity index (χ1) is 13.7. The molecule has 1 heterocycles. The first-order valence-electron chi connectivity index (χ1n) is 9.60. The fraction of sp³-hybridized carbons (Fsp3) is 0.348. The second-order valence-corrected chi connectivity index (χ2v) is 8.15. The Hall–Kier alpha value is -3.33. The molecule has 6 heteroatoms. The van der Waals surface area contributed by atoms with Crippen molar-refractivity contribution >= 4 is 17.7 Å². The minimum Gasteiger partial charge on any atom is -0.444 e. The molecule has 0 saturated heterocycles. The van der Waals surface area contributed by atoms with Gasteiger partial charge in [0.1, 0.15) is 11.6 Å². The maximum absolute atomic E-state index is 13.4. The molecule has 0 aromatic heterocycles. The molecule has 1 N–H and O–H groups in total. The van der Waals surface area contributed by atoms with E-state index in [2.05, 4.69) is 11.4 Å². The predicted molar refractivity (Wildman–Crippen MR) is 110 cm³/mol. The molecule has 0 fully saturated rings. The smallest absolute Gasteiger partial charge is 0.408 e. The molecule has 0 bridgehead atoms. The van der Waals surface area contributed by atoms with Gasteiger partial charge in [-0.1, -0.05) is 36.4 Å². The number of fused-ring (bicyclic) bond motifs is 1. The lowest BCUT2D eigenvalue weighted by Gasteiger charge is -2.38. The fourth-order valence-electron chi connectivity index (χ4n) is 3.47. The van der Waals surface area contributed by atoms with E-state index in [1.165, 1.54) is 0 Å². The second kappa shape index (κ2) is 7.96. The van der Waals surface area contributed by atoms with E-state index in [-0.39, 0.29) is 11.9 Å². The van der Waals surface area contributed by atoms with Crippen molar-refractivity contribution in [2.24, 2.45) is 0 Å². The molecule has 150 valence electrons. The van der Waals surface area contributed by atoms with Gasteiger partial charge >= 0.3 is 6.09 Å². The number of carbonyl (C=O) groups is 2.